The number of aliphatic hydroxyl groups excluding tert-OH is 1. The zero-order valence-electron chi connectivity index (χ0n) is 10.1. The van der Waals surface area contributed by atoms with Crippen molar-refractivity contribution >= 4 is 21.6 Å². The molecule has 5 heteroatoms. The minimum absolute atomic E-state index is 0.0982. The van der Waals surface area contributed by atoms with Gasteiger partial charge in [0.25, 0.3) is 0 Å². The Morgan fingerprint density at radius 2 is 2.00 bits per heavy atom. The van der Waals surface area contributed by atoms with Gasteiger partial charge >= 0.3 is 0 Å². The van der Waals surface area contributed by atoms with Gasteiger partial charge in [-0.3, -0.25) is 0 Å². The van der Waals surface area contributed by atoms with Crippen LogP contribution < -0.4 is 0 Å². The minimum atomic E-state index is 0.0982. The van der Waals surface area contributed by atoms with E-state index in [1.807, 2.05) is 42.6 Å². The summed E-state index contributed by atoms with van der Waals surface area (Å²) in [5.41, 5.74) is 3.56. The van der Waals surface area contributed by atoms with Crippen molar-refractivity contribution in [2.75, 3.05) is 6.61 Å². The summed E-state index contributed by atoms with van der Waals surface area (Å²) >= 11 is 3.53. The fraction of sp³-hybridized carbons (Fsp3) is 0.143. The number of aliphatic hydroxyl groups is 1. The van der Waals surface area contributed by atoms with E-state index in [1.165, 1.54) is 0 Å². The van der Waals surface area contributed by atoms with E-state index in [4.69, 9.17) is 5.11 Å². The summed E-state index contributed by atoms with van der Waals surface area (Å²) in [4.78, 5) is 4.39. The Bertz CT molecular complexity index is 724. The zero-order valence-corrected chi connectivity index (χ0v) is 11.7. The van der Waals surface area contributed by atoms with Crippen LogP contribution >= 0.6 is 15.9 Å². The first kappa shape index (κ1) is 12.3. The molecule has 3 aromatic rings. The van der Waals surface area contributed by atoms with E-state index >= 15 is 0 Å². The van der Waals surface area contributed by atoms with Crippen molar-refractivity contribution in [2.24, 2.45) is 0 Å². The molecule has 0 saturated carbocycles. The molecule has 0 atom stereocenters. The average Bonchev–Trinajstić information content (AvgIpc) is 2.81. The molecule has 1 N–H and O–H groups in total. The Morgan fingerprint density at radius 3 is 2.79 bits per heavy atom. The molecular weight excluding hydrogens is 306 g/mol. The van der Waals surface area contributed by atoms with E-state index in [2.05, 4.69) is 26.0 Å². The van der Waals surface area contributed by atoms with E-state index in [9.17, 15) is 0 Å². The van der Waals surface area contributed by atoms with Gasteiger partial charge in [0.05, 0.1) is 17.6 Å². The Morgan fingerprint density at radius 1 is 1.16 bits per heavy atom. The maximum Gasteiger partial charge on any atom is 0.153 e. The molecule has 2 aromatic heterocycles. The molecule has 0 fully saturated rings. The lowest BCUT2D eigenvalue weighted by Crippen LogP contribution is -1.93. The maximum atomic E-state index is 8.94. The lowest BCUT2D eigenvalue weighted by molar-refractivity contribution is 0.298. The number of benzene rings is 1. The average molecular weight is 318 g/mol. The van der Waals surface area contributed by atoms with Crippen LogP contribution in [-0.4, -0.2) is 26.3 Å². The molecule has 0 saturated heterocycles. The van der Waals surface area contributed by atoms with E-state index in [-0.39, 0.29) is 6.61 Å². The van der Waals surface area contributed by atoms with Crippen molar-refractivity contribution in [1.82, 2.24) is 14.6 Å². The summed E-state index contributed by atoms with van der Waals surface area (Å²) in [6.07, 6.45) is 2.40. The third kappa shape index (κ3) is 2.39. The number of nitrogens with zero attached hydrogens (tertiary/aromatic N) is 3. The molecule has 0 unspecified atom stereocenters. The fourth-order valence-electron chi connectivity index (χ4n) is 1.98. The van der Waals surface area contributed by atoms with Crippen molar-refractivity contribution in [3.05, 3.63) is 52.8 Å². The second-order valence-corrected chi connectivity index (χ2v) is 5.06. The molecule has 1 aromatic carbocycles. The van der Waals surface area contributed by atoms with Crippen LogP contribution in [0.2, 0.25) is 0 Å². The number of fused-ring (bicyclic) bond motifs is 1. The van der Waals surface area contributed by atoms with Crippen LogP contribution in [0.4, 0.5) is 0 Å². The van der Waals surface area contributed by atoms with Gasteiger partial charge in [-0.05, 0) is 18.2 Å². The predicted molar refractivity (Wildman–Crippen MR) is 76.9 cm³/mol. The summed E-state index contributed by atoms with van der Waals surface area (Å²) in [5, 5.41) is 13.5. The van der Waals surface area contributed by atoms with E-state index in [0.717, 1.165) is 27.1 Å². The molecule has 3 rings (SSSR count). The van der Waals surface area contributed by atoms with Gasteiger partial charge in [0.1, 0.15) is 0 Å². The Balaban J connectivity index is 2.08. The molecule has 19 heavy (non-hydrogen) atoms. The van der Waals surface area contributed by atoms with E-state index in [0.29, 0.717) is 6.42 Å². The molecule has 0 aliphatic carbocycles. The van der Waals surface area contributed by atoms with Crippen molar-refractivity contribution in [3.63, 3.8) is 0 Å². The topological polar surface area (TPSA) is 50.4 Å². The second kappa shape index (κ2) is 5.11. The van der Waals surface area contributed by atoms with Crippen molar-refractivity contribution < 1.29 is 5.11 Å². The summed E-state index contributed by atoms with van der Waals surface area (Å²) < 4.78 is 2.76. The molecule has 2 heterocycles. The minimum Gasteiger partial charge on any atom is -0.396 e. The van der Waals surface area contributed by atoms with Gasteiger partial charge in [0.15, 0.2) is 5.65 Å². The van der Waals surface area contributed by atoms with Gasteiger partial charge in [0.2, 0.25) is 0 Å². The van der Waals surface area contributed by atoms with Crippen LogP contribution in [0.25, 0.3) is 16.9 Å². The smallest absolute Gasteiger partial charge is 0.153 e. The van der Waals surface area contributed by atoms with E-state index < -0.39 is 0 Å². The Labute approximate surface area is 118 Å². The molecule has 0 bridgehead atoms. The highest BCUT2D eigenvalue weighted by Crippen LogP contribution is 2.26. The van der Waals surface area contributed by atoms with Gasteiger partial charge < -0.3 is 5.11 Å². The Hall–Kier alpha value is -1.72. The van der Waals surface area contributed by atoms with Gasteiger partial charge in [0, 0.05) is 23.1 Å². The standard InChI is InChI=1S/C14H12BrN3O/c15-12-4-2-1-3-11(12)13-5-6-14-16-10(7-8-19)9-18(14)17-13/h1-6,9,19H,7-8H2. The van der Waals surface area contributed by atoms with Gasteiger partial charge in [-0.1, -0.05) is 34.1 Å². The SMILES string of the molecule is OCCc1cn2nc(-c3ccccc3Br)ccc2n1. The molecule has 0 aliphatic heterocycles. The van der Waals surface area contributed by atoms with Gasteiger partial charge in [-0.25, -0.2) is 9.50 Å². The summed E-state index contributed by atoms with van der Waals surface area (Å²) in [6, 6.07) is 11.9. The molecule has 4 nitrogen and oxygen atoms in total. The van der Waals surface area contributed by atoms with Crippen LogP contribution in [0.5, 0.6) is 0 Å². The second-order valence-electron chi connectivity index (χ2n) is 4.21. The van der Waals surface area contributed by atoms with Crippen LogP contribution in [0.15, 0.2) is 47.1 Å². The van der Waals surface area contributed by atoms with E-state index in [1.54, 1.807) is 4.52 Å². The fourth-order valence-corrected chi connectivity index (χ4v) is 2.47. The Kier molecular flexibility index (Phi) is 3.31. The summed E-state index contributed by atoms with van der Waals surface area (Å²) in [7, 11) is 0. The molecule has 0 spiro atoms. The third-order valence-electron chi connectivity index (χ3n) is 2.89. The quantitative estimate of drug-likeness (QED) is 0.808. The first-order valence-corrected chi connectivity index (χ1v) is 6.78. The molecule has 0 radical (unpaired) electrons. The molecule has 0 amide bonds. The zero-order chi connectivity index (χ0) is 13.2. The van der Waals surface area contributed by atoms with Gasteiger partial charge in [-0.2, -0.15) is 5.10 Å². The number of imidazole rings is 1. The lowest BCUT2D eigenvalue weighted by Gasteiger charge is -2.03. The number of rotatable bonds is 3. The highest BCUT2D eigenvalue weighted by atomic mass is 79.9. The number of aromatic nitrogens is 3. The van der Waals surface area contributed by atoms with Crippen molar-refractivity contribution in [3.8, 4) is 11.3 Å². The van der Waals surface area contributed by atoms with Crippen molar-refractivity contribution in [2.45, 2.75) is 6.42 Å². The number of hydrogen-bond acceptors (Lipinski definition) is 3. The predicted octanol–water partition coefficient (Wildman–Crippen LogP) is 2.69. The van der Waals surface area contributed by atoms with Crippen LogP contribution in [-0.2, 0) is 6.42 Å². The number of hydrogen-bond donors (Lipinski definition) is 1. The van der Waals surface area contributed by atoms with Crippen LogP contribution in [0, 0.1) is 0 Å². The lowest BCUT2D eigenvalue weighted by atomic mass is 10.1. The van der Waals surface area contributed by atoms with Crippen LogP contribution in [0.1, 0.15) is 5.69 Å². The maximum absolute atomic E-state index is 8.94. The van der Waals surface area contributed by atoms with Gasteiger partial charge in [-0.15, -0.1) is 0 Å². The molecular formula is C14H12BrN3O. The third-order valence-corrected chi connectivity index (χ3v) is 3.58. The normalized spacial score (nSPS) is 11.1. The highest BCUT2D eigenvalue weighted by molar-refractivity contribution is 9.10. The van der Waals surface area contributed by atoms with Crippen molar-refractivity contribution in [1.29, 1.82) is 0 Å². The summed E-state index contributed by atoms with van der Waals surface area (Å²) in [5.74, 6) is 0. The first-order valence-electron chi connectivity index (χ1n) is 5.99. The van der Waals surface area contributed by atoms with Crippen LogP contribution in [0.3, 0.4) is 0 Å². The monoisotopic (exact) mass is 317 g/mol. The summed E-state index contributed by atoms with van der Waals surface area (Å²) in [6.45, 7) is 0.0982. The largest absolute Gasteiger partial charge is 0.396 e. The molecule has 96 valence electrons. The number of halogens is 1. The first-order chi connectivity index (χ1) is 9.28. The molecule has 0 aliphatic rings. The highest BCUT2D eigenvalue weighted by Gasteiger charge is 2.07.